The quantitative estimate of drug-likeness (QED) is 0.529. The van der Waals surface area contributed by atoms with Crippen molar-refractivity contribution < 1.29 is 17.6 Å². The average Bonchev–Trinajstić information content (AvgIpc) is 3.17. The van der Waals surface area contributed by atoms with Crippen LogP contribution in [0.4, 0.5) is 11.4 Å². The summed E-state index contributed by atoms with van der Waals surface area (Å²) in [6.07, 6.45) is 4.24. The van der Waals surface area contributed by atoms with Gasteiger partial charge < -0.3 is 9.73 Å². The number of nitrogens with one attached hydrogen (secondary N) is 2. The highest BCUT2D eigenvalue weighted by molar-refractivity contribution is 7.92. The fourth-order valence-electron chi connectivity index (χ4n) is 2.26. The lowest BCUT2D eigenvalue weighted by Crippen LogP contribution is -2.15. The number of para-hydroxylation sites is 1. The number of carbonyl (C=O) groups is 1. The summed E-state index contributed by atoms with van der Waals surface area (Å²) in [6, 6.07) is 13.9. The topological polar surface area (TPSA) is 88.4 Å². The second-order valence-corrected chi connectivity index (χ2v) is 8.03. The van der Waals surface area contributed by atoms with E-state index in [-0.39, 0.29) is 26.3 Å². The molecule has 2 N–H and O–H groups in total. The van der Waals surface area contributed by atoms with Crippen molar-refractivity contribution in [2.24, 2.45) is 0 Å². The van der Waals surface area contributed by atoms with E-state index >= 15 is 0 Å². The minimum Gasteiger partial charge on any atom is -0.465 e. The van der Waals surface area contributed by atoms with Gasteiger partial charge in [0.15, 0.2) is 0 Å². The van der Waals surface area contributed by atoms with Gasteiger partial charge in [-0.25, -0.2) is 8.42 Å². The van der Waals surface area contributed by atoms with Gasteiger partial charge in [-0.2, -0.15) is 0 Å². The third kappa shape index (κ3) is 4.95. The van der Waals surface area contributed by atoms with Crippen molar-refractivity contribution in [3.05, 3.63) is 82.7 Å². The summed E-state index contributed by atoms with van der Waals surface area (Å²) in [5, 5.41) is 2.82. The third-order valence-corrected chi connectivity index (χ3v) is 5.73. The number of rotatable bonds is 6. The monoisotopic (exact) mass is 436 g/mol. The van der Waals surface area contributed by atoms with Gasteiger partial charge in [0.25, 0.3) is 10.0 Å². The summed E-state index contributed by atoms with van der Waals surface area (Å²) in [4.78, 5) is 11.8. The van der Waals surface area contributed by atoms with Crippen molar-refractivity contribution in [3.8, 4) is 0 Å². The number of amides is 1. The molecule has 0 spiro atoms. The molecular weight excluding hydrogens is 423 g/mol. The number of benzene rings is 2. The Kier molecular flexibility index (Phi) is 6.08. The minimum atomic E-state index is -4.02. The molecule has 144 valence electrons. The average molecular weight is 437 g/mol. The van der Waals surface area contributed by atoms with E-state index < -0.39 is 15.9 Å². The number of anilines is 2. The van der Waals surface area contributed by atoms with Crippen LogP contribution in [0.3, 0.4) is 0 Å². The molecule has 0 saturated carbocycles. The van der Waals surface area contributed by atoms with E-state index in [4.69, 9.17) is 27.6 Å². The van der Waals surface area contributed by atoms with Gasteiger partial charge in [0.05, 0.1) is 22.0 Å². The molecule has 0 saturated heterocycles. The van der Waals surface area contributed by atoms with Gasteiger partial charge in [0.2, 0.25) is 5.91 Å². The number of hydrogen-bond donors (Lipinski definition) is 2. The molecule has 3 aromatic rings. The number of hydrogen-bond acceptors (Lipinski definition) is 4. The van der Waals surface area contributed by atoms with E-state index in [1.165, 1.54) is 42.7 Å². The fourth-order valence-corrected chi connectivity index (χ4v) is 4.10. The summed E-state index contributed by atoms with van der Waals surface area (Å²) in [6.45, 7) is 0. The zero-order valence-corrected chi connectivity index (χ0v) is 16.6. The van der Waals surface area contributed by atoms with Crippen LogP contribution in [0.15, 0.2) is 76.2 Å². The van der Waals surface area contributed by atoms with Crippen LogP contribution in [0.1, 0.15) is 5.76 Å². The first-order valence-electron chi connectivity index (χ1n) is 7.94. The lowest BCUT2D eigenvalue weighted by molar-refractivity contribution is -0.111. The molecule has 1 aromatic heterocycles. The van der Waals surface area contributed by atoms with E-state index in [2.05, 4.69) is 10.0 Å². The van der Waals surface area contributed by atoms with Crippen molar-refractivity contribution in [3.63, 3.8) is 0 Å². The van der Waals surface area contributed by atoms with Crippen LogP contribution >= 0.6 is 23.2 Å². The van der Waals surface area contributed by atoms with E-state index in [9.17, 15) is 13.2 Å². The molecule has 0 fully saturated rings. The van der Waals surface area contributed by atoms with Gasteiger partial charge in [-0.1, -0.05) is 35.3 Å². The molecule has 3 rings (SSSR count). The Hall–Kier alpha value is -2.74. The number of halogens is 2. The Balaban J connectivity index is 1.80. The molecule has 0 atom stereocenters. The maximum absolute atomic E-state index is 12.7. The summed E-state index contributed by atoms with van der Waals surface area (Å²) in [5.41, 5.74) is 0.481. The summed E-state index contributed by atoms with van der Waals surface area (Å²) in [7, 11) is -4.02. The largest absolute Gasteiger partial charge is 0.465 e. The van der Waals surface area contributed by atoms with Crippen LogP contribution in [0.25, 0.3) is 6.08 Å². The molecule has 0 radical (unpaired) electrons. The van der Waals surface area contributed by atoms with Gasteiger partial charge in [-0.3, -0.25) is 9.52 Å². The summed E-state index contributed by atoms with van der Waals surface area (Å²) < 4.78 is 32.9. The predicted octanol–water partition coefficient (Wildman–Crippen LogP) is 5.04. The van der Waals surface area contributed by atoms with Gasteiger partial charge >= 0.3 is 0 Å². The van der Waals surface area contributed by atoms with E-state index in [1.54, 1.807) is 30.3 Å². The highest BCUT2D eigenvalue weighted by atomic mass is 35.5. The first-order chi connectivity index (χ1) is 13.3. The van der Waals surface area contributed by atoms with Gasteiger partial charge in [0, 0.05) is 11.8 Å². The smallest absolute Gasteiger partial charge is 0.263 e. The van der Waals surface area contributed by atoms with Crippen molar-refractivity contribution in [1.82, 2.24) is 0 Å². The first-order valence-corrected chi connectivity index (χ1v) is 10.2. The minimum absolute atomic E-state index is 0.00341. The van der Waals surface area contributed by atoms with Crippen LogP contribution < -0.4 is 10.0 Å². The van der Waals surface area contributed by atoms with Crippen molar-refractivity contribution >= 4 is 56.6 Å². The molecule has 0 unspecified atom stereocenters. The van der Waals surface area contributed by atoms with Crippen LogP contribution in [0, 0.1) is 0 Å². The van der Waals surface area contributed by atoms with Crippen LogP contribution in [-0.4, -0.2) is 14.3 Å². The van der Waals surface area contributed by atoms with Gasteiger partial charge in [0.1, 0.15) is 10.7 Å². The summed E-state index contributed by atoms with van der Waals surface area (Å²) >= 11 is 12.1. The molecular formula is C19H14Cl2N2O4S. The molecule has 0 aliphatic carbocycles. The SMILES string of the molecule is O=C(C=Cc1ccco1)Nc1ccc(Cl)c(S(=O)(=O)Nc2ccccc2Cl)c1. The number of furan rings is 1. The van der Waals surface area contributed by atoms with Crippen LogP contribution in [0.5, 0.6) is 0 Å². The van der Waals surface area contributed by atoms with E-state index in [0.717, 1.165) is 0 Å². The molecule has 0 aliphatic heterocycles. The zero-order chi connectivity index (χ0) is 20.1. The second-order valence-electron chi connectivity index (χ2n) is 5.57. The molecule has 1 amide bonds. The van der Waals surface area contributed by atoms with Crippen LogP contribution in [0.2, 0.25) is 10.0 Å². The maximum Gasteiger partial charge on any atom is 0.263 e. The Morgan fingerprint density at radius 2 is 1.79 bits per heavy atom. The second kappa shape index (κ2) is 8.52. The van der Waals surface area contributed by atoms with Gasteiger partial charge in [-0.15, -0.1) is 0 Å². The lowest BCUT2D eigenvalue weighted by Gasteiger charge is -2.12. The first kappa shape index (κ1) is 20.0. The highest BCUT2D eigenvalue weighted by Gasteiger charge is 2.20. The normalized spacial score (nSPS) is 11.5. The molecule has 0 aliphatic rings. The fraction of sp³-hybridized carbons (Fsp3) is 0. The van der Waals surface area contributed by atoms with Crippen molar-refractivity contribution in [2.75, 3.05) is 10.0 Å². The Morgan fingerprint density at radius 3 is 2.50 bits per heavy atom. The zero-order valence-electron chi connectivity index (χ0n) is 14.2. The van der Waals surface area contributed by atoms with Crippen molar-refractivity contribution in [2.45, 2.75) is 4.90 Å². The van der Waals surface area contributed by atoms with Gasteiger partial charge in [-0.05, 0) is 48.5 Å². The molecule has 2 aromatic carbocycles. The Morgan fingerprint density at radius 1 is 1.00 bits per heavy atom. The lowest BCUT2D eigenvalue weighted by atomic mass is 10.3. The predicted molar refractivity (Wildman–Crippen MR) is 110 cm³/mol. The highest BCUT2D eigenvalue weighted by Crippen LogP contribution is 2.29. The summed E-state index contributed by atoms with van der Waals surface area (Å²) in [5.74, 6) is 0.0552. The standard InChI is InChI=1S/C19H14Cl2N2O4S/c20-15-5-1-2-6-17(15)23-28(25,26)18-12-13(7-9-16(18)21)22-19(24)10-8-14-4-3-11-27-14/h1-12,23H,(H,22,24). The van der Waals surface area contributed by atoms with Crippen LogP contribution in [-0.2, 0) is 14.8 Å². The molecule has 9 heteroatoms. The third-order valence-electron chi connectivity index (χ3n) is 3.55. The number of sulfonamides is 1. The molecule has 1 heterocycles. The molecule has 28 heavy (non-hydrogen) atoms. The Labute approximate surface area is 171 Å². The molecule has 6 nitrogen and oxygen atoms in total. The Bertz CT molecular complexity index is 1130. The van der Waals surface area contributed by atoms with Crippen molar-refractivity contribution in [1.29, 1.82) is 0 Å². The van der Waals surface area contributed by atoms with E-state index in [1.807, 2.05) is 0 Å². The molecule has 0 bridgehead atoms. The van der Waals surface area contributed by atoms with E-state index in [0.29, 0.717) is 5.76 Å². The number of carbonyl (C=O) groups excluding carboxylic acids is 1. The maximum atomic E-state index is 12.7.